The highest BCUT2D eigenvalue weighted by Gasteiger charge is 2.45. The molecule has 1 atom stereocenters. The molecular formula is C18H20FN3O3S. The fraction of sp³-hybridized carbons (Fsp3) is 0.333. The Morgan fingerprint density at radius 2 is 1.88 bits per heavy atom. The molecule has 3 rings (SSSR count). The number of aromatic nitrogens is 1. The lowest BCUT2D eigenvalue weighted by Crippen LogP contribution is -2.55. The molecule has 0 bridgehead atoms. The van der Waals surface area contributed by atoms with Gasteiger partial charge in [0.15, 0.2) is 0 Å². The maximum absolute atomic E-state index is 15.2. The van der Waals surface area contributed by atoms with Gasteiger partial charge in [-0.05, 0) is 42.7 Å². The predicted molar refractivity (Wildman–Crippen MR) is 94.4 cm³/mol. The van der Waals surface area contributed by atoms with E-state index in [1.807, 2.05) is 0 Å². The van der Waals surface area contributed by atoms with Gasteiger partial charge in [0.2, 0.25) is 15.7 Å². The fourth-order valence-electron chi connectivity index (χ4n) is 2.95. The van der Waals surface area contributed by atoms with Crippen molar-refractivity contribution in [2.24, 2.45) is 0 Å². The van der Waals surface area contributed by atoms with E-state index in [2.05, 4.69) is 10.3 Å². The van der Waals surface area contributed by atoms with Gasteiger partial charge in [-0.1, -0.05) is 18.2 Å². The molecule has 1 saturated heterocycles. The van der Waals surface area contributed by atoms with Crippen molar-refractivity contribution in [1.82, 2.24) is 14.6 Å². The van der Waals surface area contributed by atoms with Crippen molar-refractivity contribution in [2.45, 2.75) is 30.0 Å². The average Bonchev–Trinajstić information content (AvgIpc) is 2.67. The summed E-state index contributed by atoms with van der Waals surface area (Å²) in [6, 6.07) is 11.3. The van der Waals surface area contributed by atoms with Crippen molar-refractivity contribution in [3.05, 3.63) is 60.4 Å². The summed E-state index contributed by atoms with van der Waals surface area (Å²) in [5, 5.41) is 2.56. The van der Waals surface area contributed by atoms with Gasteiger partial charge in [0, 0.05) is 25.5 Å². The van der Waals surface area contributed by atoms with E-state index in [1.54, 1.807) is 42.7 Å². The number of benzene rings is 1. The molecule has 1 N–H and O–H groups in total. The zero-order chi connectivity index (χ0) is 18.6. The summed E-state index contributed by atoms with van der Waals surface area (Å²) >= 11 is 0. The molecule has 1 fully saturated rings. The van der Waals surface area contributed by atoms with Gasteiger partial charge in [-0.15, -0.1) is 0 Å². The Hall–Kier alpha value is -2.32. The minimum atomic E-state index is -3.83. The number of carbonyl (C=O) groups excluding carboxylic acids is 1. The number of amides is 1. The minimum Gasteiger partial charge on any atom is -0.349 e. The van der Waals surface area contributed by atoms with Crippen LogP contribution in [0.25, 0.3) is 0 Å². The number of rotatable bonds is 5. The van der Waals surface area contributed by atoms with Crippen molar-refractivity contribution in [3.63, 3.8) is 0 Å². The second-order valence-electron chi connectivity index (χ2n) is 6.26. The number of piperidine rings is 1. The zero-order valence-corrected chi connectivity index (χ0v) is 15.0. The Labute approximate surface area is 152 Å². The van der Waals surface area contributed by atoms with E-state index in [9.17, 15) is 13.2 Å². The molecule has 6 nitrogen and oxygen atoms in total. The highest BCUT2D eigenvalue weighted by atomic mass is 32.2. The summed E-state index contributed by atoms with van der Waals surface area (Å²) < 4.78 is 41.7. The lowest BCUT2D eigenvalue weighted by Gasteiger charge is -2.35. The molecule has 26 heavy (non-hydrogen) atoms. The van der Waals surface area contributed by atoms with Gasteiger partial charge in [-0.3, -0.25) is 9.78 Å². The molecule has 1 aliphatic rings. The van der Waals surface area contributed by atoms with E-state index in [0.717, 1.165) is 9.87 Å². The fourth-order valence-corrected chi connectivity index (χ4v) is 4.49. The van der Waals surface area contributed by atoms with Gasteiger partial charge in [0.05, 0.1) is 11.4 Å². The molecule has 1 unspecified atom stereocenters. The molecule has 0 spiro atoms. The molecule has 138 valence electrons. The SMILES string of the molecule is O=C(NCc1ccncc1)C1(F)CCCN(S(=O)(=O)c2ccccc2)C1. The molecule has 8 heteroatoms. The predicted octanol–water partition coefficient (Wildman–Crippen LogP) is 1.89. The minimum absolute atomic E-state index is 0.00398. The van der Waals surface area contributed by atoms with Gasteiger partial charge < -0.3 is 5.32 Å². The first-order chi connectivity index (χ1) is 12.4. The summed E-state index contributed by atoms with van der Waals surface area (Å²) in [7, 11) is -3.83. The van der Waals surface area contributed by atoms with Crippen LogP contribution < -0.4 is 5.32 Å². The first kappa shape index (κ1) is 18.5. The van der Waals surface area contributed by atoms with Gasteiger partial charge in [0.25, 0.3) is 5.91 Å². The number of nitrogens with one attached hydrogen (secondary N) is 1. The van der Waals surface area contributed by atoms with Gasteiger partial charge in [0.1, 0.15) is 0 Å². The Bertz CT molecular complexity index is 862. The maximum Gasteiger partial charge on any atom is 0.259 e. The van der Waals surface area contributed by atoms with Crippen LogP contribution in [0.5, 0.6) is 0 Å². The summed E-state index contributed by atoms with van der Waals surface area (Å²) in [4.78, 5) is 16.4. The number of carbonyl (C=O) groups is 1. The van der Waals surface area contributed by atoms with E-state index < -0.39 is 28.1 Å². The smallest absolute Gasteiger partial charge is 0.259 e. The molecule has 0 aliphatic carbocycles. The second kappa shape index (κ2) is 7.51. The summed E-state index contributed by atoms with van der Waals surface area (Å²) in [6.45, 7) is -0.120. The van der Waals surface area contributed by atoms with Crippen molar-refractivity contribution < 1.29 is 17.6 Å². The van der Waals surface area contributed by atoms with Gasteiger partial charge in [-0.25, -0.2) is 12.8 Å². The van der Waals surface area contributed by atoms with Crippen LogP contribution in [0.4, 0.5) is 4.39 Å². The van der Waals surface area contributed by atoms with Crippen LogP contribution in [-0.4, -0.2) is 42.4 Å². The Kier molecular flexibility index (Phi) is 5.33. The Morgan fingerprint density at radius 3 is 2.58 bits per heavy atom. The number of sulfonamides is 1. The van der Waals surface area contributed by atoms with E-state index in [0.29, 0.717) is 0 Å². The highest BCUT2D eigenvalue weighted by molar-refractivity contribution is 7.89. The van der Waals surface area contributed by atoms with E-state index in [-0.39, 0.29) is 30.8 Å². The van der Waals surface area contributed by atoms with Crippen LogP contribution in [0.1, 0.15) is 18.4 Å². The number of halogens is 1. The molecule has 1 aromatic heterocycles. The third-order valence-electron chi connectivity index (χ3n) is 4.40. The van der Waals surface area contributed by atoms with E-state index in [4.69, 9.17) is 0 Å². The van der Waals surface area contributed by atoms with Gasteiger partial charge >= 0.3 is 0 Å². The van der Waals surface area contributed by atoms with Crippen molar-refractivity contribution in [3.8, 4) is 0 Å². The topological polar surface area (TPSA) is 79.4 Å². The molecule has 2 heterocycles. The standard InChI is InChI=1S/C18H20FN3O3S/c19-18(17(23)21-13-15-7-10-20-11-8-15)9-4-12-22(14-18)26(24,25)16-5-2-1-3-6-16/h1-3,5-8,10-11H,4,9,12-14H2,(H,21,23). The number of alkyl halides is 1. The Morgan fingerprint density at radius 1 is 1.19 bits per heavy atom. The number of hydrogen-bond donors (Lipinski definition) is 1. The van der Waals surface area contributed by atoms with Crippen molar-refractivity contribution in [2.75, 3.05) is 13.1 Å². The first-order valence-corrected chi connectivity index (χ1v) is 9.77. The van der Waals surface area contributed by atoms with Crippen LogP contribution in [-0.2, 0) is 21.4 Å². The van der Waals surface area contributed by atoms with Crippen LogP contribution in [0, 0.1) is 0 Å². The normalized spacial score (nSPS) is 21.3. The van der Waals surface area contributed by atoms with Crippen molar-refractivity contribution >= 4 is 15.9 Å². The lowest BCUT2D eigenvalue weighted by molar-refractivity contribution is -0.135. The average molecular weight is 377 g/mol. The van der Waals surface area contributed by atoms with E-state index in [1.165, 1.54) is 12.1 Å². The quantitative estimate of drug-likeness (QED) is 0.863. The third-order valence-corrected chi connectivity index (χ3v) is 6.26. The number of pyridine rings is 1. The molecule has 0 saturated carbocycles. The molecular weight excluding hydrogens is 357 g/mol. The summed E-state index contributed by atoms with van der Waals surface area (Å²) in [6.07, 6.45) is 3.45. The largest absolute Gasteiger partial charge is 0.349 e. The van der Waals surface area contributed by atoms with Crippen LogP contribution in [0.15, 0.2) is 59.8 Å². The van der Waals surface area contributed by atoms with Crippen molar-refractivity contribution in [1.29, 1.82) is 0 Å². The van der Waals surface area contributed by atoms with E-state index >= 15 is 4.39 Å². The number of nitrogens with zero attached hydrogens (tertiary/aromatic N) is 2. The van der Waals surface area contributed by atoms with Gasteiger partial charge in [-0.2, -0.15) is 4.31 Å². The number of hydrogen-bond acceptors (Lipinski definition) is 4. The monoisotopic (exact) mass is 377 g/mol. The molecule has 1 aliphatic heterocycles. The molecule has 1 aromatic carbocycles. The van der Waals surface area contributed by atoms with Crippen LogP contribution >= 0.6 is 0 Å². The summed E-state index contributed by atoms with van der Waals surface area (Å²) in [5.41, 5.74) is -1.45. The third kappa shape index (κ3) is 3.91. The van der Waals surface area contributed by atoms with Crippen LogP contribution in [0.2, 0.25) is 0 Å². The second-order valence-corrected chi connectivity index (χ2v) is 8.20. The highest BCUT2D eigenvalue weighted by Crippen LogP contribution is 2.29. The Balaban J connectivity index is 1.71. The first-order valence-electron chi connectivity index (χ1n) is 8.33. The maximum atomic E-state index is 15.2. The molecule has 1 amide bonds. The lowest BCUT2D eigenvalue weighted by atomic mass is 9.95. The molecule has 0 radical (unpaired) electrons. The van der Waals surface area contributed by atoms with Crippen LogP contribution in [0.3, 0.4) is 0 Å². The zero-order valence-electron chi connectivity index (χ0n) is 14.1. The summed E-state index contributed by atoms with van der Waals surface area (Å²) in [5.74, 6) is -0.790. The molecule has 2 aromatic rings.